The van der Waals surface area contributed by atoms with Crippen LogP contribution in [0.25, 0.3) is 67.5 Å². The van der Waals surface area contributed by atoms with Crippen LogP contribution in [0.2, 0.25) is 0 Å². The average molecular weight is 702 g/mol. The third-order valence-corrected chi connectivity index (χ3v) is 10.8. The summed E-state index contributed by atoms with van der Waals surface area (Å²) in [6.07, 6.45) is 0. The lowest BCUT2D eigenvalue weighted by atomic mass is 9.66. The van der Waals surface area contributed by atoms with E-state index in [0.717, 1.165) is 33.4 Å². The molecule has 0 fully saturated rings. The van der Waals surface area contributed by atoms with Crippen molar-refractivity contribution in [2.24, 2.45) is 0 Å². The molecule has 0 bridgehead atoms. The Morgan fingerprint density at radius 2 is 0.600 bits per heavy atom. The number of benzene rings is 8. The van der Waals surface area contributed by atoms with Gasteiger partial charge >= 0.3 is 0 Å². The summed E-state index contributed by atoms with van der Waals surface area (Å²) in [7, 11) is 0. The maximum atomic E-state index is 5.01. The molecule has 0 amide bonds. The van der Waals surface area contributed by atoms with Crippen molar-refractivity contribution in [3.8, 4) is 67.5 Å². The molecule has 1 aromatic heterocycles. The summed E-state index contributed by atoms with van der Waals surface area (Å²) in [5.74, 6) is 1.94. The minimum absolute atomic E-state index is 0.493. The lowest BCUT2D eigenvalue weighted by Gasteiger charge is -2.35. The highest BCUT2D eigenvalue weighted by atomic mass is 15.0. The zero-order chi connectivity index (χ0) is 36.6. The van der Waals surface area contributed by atoms with Gasteiger partial charge in [-0.25, -0.2) is 15.0 Å². The smallest absolute Gasteiger partial charge is 0.164 e. The predicted octanol–water partition coefficient (Wildman–Crippen LogP) is 12.6. The van der Waals surface area contributed by atoms with Gasteiger partial charge in [0.2, 0.25) is 0 Å². The van der Waals surface area contributed by atoms with E-state index in [2.05, 4.69) is 152 Å². The first-order valence-corrected chi connectivity index (χ1v) is 18.7. The van der Waals surface area contributed by atoms with E-state index in [-0.39, 0.29) is 0 Å². The fraction of sp³-hybridized carbons (Fsp3) is 0.0192. The highest BCUT2D eigenvalue weighted by molar-refractivity contribution is 5.89. The quantitative estimate of drug-likeness (QED) is 0.166. The zero-order valence-corrected chi connectivity index (χ0v) is 30.0. The Hall–Kier alpha value is -7.23. The standard InChI is InChI=1S/C52H35N3/c1-4-18-36(19-5-1)49-53-50(37-20-6-2-7-21-37)55-51(54-49)41-25-17-23-39(35-41)38-22-16-24-40(34-38)43-28-10-13-31-46(43)52(42-26-8-3-9-27-42)47-32-14-11-29-44(47)45-30-12-15-33-48(45)52/h1-35H. The molecule has 0 saturated heterocycles. The Labute approximate surface area is 321 Å². The molecule has 0 spiro atoms. The normalized spacial score (nSPS) is 12.5. The summed E-state index contributed by atoms with van der Waals surface area (Å²) in [4.78, 5) is 14.9. The van der Waals surface area contributed by atoms with Gasteiger partial charge in [0, 0.05) is 16.7 Å². The van der Waals surface area contributed by atoms with Gasteiger partial charge in [-0.15, -0.1) is 0 Å². The summed E-state index contributed by atoms with van der Waals surface area (Å²) in [6, 6.07) is 75.5. The Morgan fingerprint density at radius 3 is 1.13 bits per heavy atom. The number of aromatic nitrogens is 3. The van der Waals surface area contributed by atoms with Gasteiger partial charge in [0.1, 0.15) is 0 Å². The van der Waals surface area contributed by atoms with Crippen LogP contribution >= 0.6 is 0 Å². The van der Waals surface area contributed by atoms with Crippen LogP contribution in [0.5, 0.6) is 0 Å². The molecule has 55 heavy (non-hydrogen) atoms. The highest BCUT2D eigenvalue weighted by Crippen LogP contribution is 2.57. The fourth-order valence-corrected chi connectivity index (χ4v) is 8.38. The van der Waals surface area contributed by atoms with Gasteiger partial charge in [0.05, 0.1) is 5.41 Å². The van der Waals surface area contributed by atoms with Crippen molar-refractivity contribution in [2.75, 3.05) is 0 Å². The van der Waals surface area contributed by atoms with E-state index >= 15 is 0 Å². The molecule has 0 aliphatic heterocycles. The van der Waals surface area contributed by atoms with E-state index in [9.17, 15) is 0 Å². The van der Waals surface area contributed by atoms with Crippen LogP contribution < -0.4 is 0 Å². The molecule has 3 nitrogen and oxygen atoms in total. The molecule has 9 aromatic rings. The van der Waals surface area contributed by atoms with Gasteiger partial charge in [0.15, 0.2) is 17.5 Å². The lowest BCUT2D eigenvalue weighted by Crippen LogP contribution is -2.29. The van der Waals surface area contributed by atoms with E-state index in [4.69, 9.17) is 15.0 Å². The van der Waals surface area contributed by atoms with Crippen molar-refractivity contribution in [2.45, 2.75) is 5.41 Å². The second-order valence-electron chi connectivity index (χ2n) is 14.0. The molecule has 1 heterocycles. The van der Waals surface area contributed by atoms with Gasteiger partial charge in [-0.3, -0.25) is 0 Å². The first kappa shape index (κ1) is 32.4. The Kier molecular flexibility index (Phi) is 8.04. The van der Waals surface area contributed by atoms with E-state index in [1.165, 1.54) is 38.9 Å². The summed E-state index contributed by atoms with van der Waals surface area (Å²) in [5.41, 5.74) is 14.6. The minimum Gasteiger partial charge on any atom is -0.208 e. The van der Waals surface area contributed by atoms with Gasteiger partial charge in [-0.05, 0) is 67.8 Å². The molecule has 0 unspecified atom stereocenters. The molecular formula is C52H35N3. The molecule has 0 saturated carbocycles. The van der Waals surface area contributed by atoms with Crippen molar-refractivity contribution < 1.29 is 0 Å². The van der Waals surface area contributed by atoms with Gasteiger partial charge < -0.3 is 0 Å². The van der Waals surface area contributed by atoms with Crippen molar-refractivity contribution >= 4 is 0 Å². The van der Waals surface area contributed by atoms with Crippen molar-refractivity contribution in [3.63, 3.8) is 0 Å². The minimum atomic E-state index is -0.493. The number of hydrogen-bond acceptors (Lipinski definition) is 3. The molecule has 1 aliphatic carbocycles. The van der Waals surface area contributed by atoms with Crippen molar-refractivity contribution in [3.05, 3.63) is 235 Å². The van der Waals surface area contributed by atoms with E-state index < -0.39 is 5.41 Å². The monoisotopic (exact) mass is 701 g/mol. The van der Waals surface area contributed by atoms with Crippen LogP contribution in [-0.2, 0) is 5.41 Å². The molecule has 3 heteroatoms. The first-order valence-electron chi connectivity index (χ1n) is 18.7. The molecule has 0 radical (unpaired) electrons. The molecule has 8 aromatic carbocycles. The van der Waals surface area contributed by atoms with Crippen LogP contribution in [-0.4, -0.2) is 15.0 Å². The predicted molar refractivity (Wildman–Crippen MR) is 224 cm³/mol. The molecular weight excluding hydrogens is 667 g/mol. The second-order valence-corrected chi connectivity index (χ2v) is 14.0. The maximum absolute atomic E-state index is 5.01. The van der Waals surface area contributed by atoms with E-state index in [0.29, 0.717) is 17.5 Å². The number of fused-ring (bicyclic) bond motifs is 3. The topological polar surface area (TPSA) is 38.7 Å². The fourth-order valence-electron chi connectivity index (χ4n) is 8.38. The Balaban J connectivity index is 1.11. The first-order chi connectivity index (χ1) is 27.3. The number of rotatable bonds is 7. The zero-order valence-electron chi connectivity index (χ0n) is 30.0. The largest absolute Gasteiger partial charge is 0.208 e. The van der Waals surface area contributed by atoms with Crippen LogP contribution in [0.15, 0.2) is 212 Å². The average Bonchev–Trinajstić information content (AvgIpc) is 3.58. The molecule has 0 N–H and O–H groups in total. The summed E-state index contributed by atoms with van der Waals surface area (Å²) in [6.45, 7) is 0. The van der Waals surface area contributed by atoms with Gasteiger partial charge in [0.25, 0.3) is 0 Å². The molecule has 1 aliphatic rings. The number of nitrogens with zero attached hydrogens (tertiary/aromatic N) is 3. The third kappa shape index (κ3) is 5.57. The summed E-state index contributed by atoms with van der Waals surface area (Å²) < 4.78 is 0. The second kappa shape index (κ2) is 13.6. The molecule has 0 atom stereocenters. The van der Waals surface area contributed by atoms with Crippen LogP contribution in [0, 0.1) is 0 Å². The molecule has 10 rings (SSSR count). The summed E-state index contributed by atoms with van der Waals surface area (Å²) in [5, 5.41) is 0. The van der Waals surface area contributed by atoms with Crippen molar-refractivity contribution in [1.29, 1.82) is 0 Å². The van der Waals surface area contributed by atoms with Crippen LogP contribution in [0.3, 0.4) is 0 Å². The Bertz CT molecular complexity index is 2710. The summed E-state index contributed by atoms with van der Waals surface area (Å²) >= 11 is 0. The third-order valence-electron chi connectivity index (χ3n) is 10.8. The Morgan fingerprint density at radius 1 is 0.255 bits per heavy atom. The number of hydrogen-bond donors (Lipinski definition) is 0. The maximum Gasteiger partial charge on any atom is 0.164 e. The van der Waals surface area contributed by atoms with Gasteiger partial charge in [-0.1, -0.05) is 200 Å². The van der Waals surface area contributed by atoms with Crippen molar-refractivity contribution in [1.82, 2.24) is 15.0 Å². The van der Waals surface area contributed by atoms with Crippen LogP contribution in [0.1, 0.15) is 22.3 Å². The highest BCUT2D eigenvalue weighted by Gasteiger charge is 2.46. The SMILES string of the molecule is c1ccc(-c2nc(-c3ccccc3)nc(-c3cccc(-c4cccc(-c5ccccc5C5(c6ccccc6)c6ccccc6-c6ccccc65)c4)c3)n2)cc1. The lowest BCUT2D eigenvalue weighted by molar-refractivity contribution is 0.770. The van der Waals surface area contributed by atoms with E-state index in [1.807, 2.05) is 60.7 Å². The van der Waals surface area contributed by atoms with Crippen LogP contribution in [0.4, 0.5) is 0 Å². The van der Waals surface area contributed by atoms with Gasteiger partial charge in [-0.2, -0.15) is 0 Å². The van der Waals surface area contributed by atoms with E-state index in [1.54, 1.807) is 0 Å². The molecule has 258 valence electrons.